The number of halogens is 3. The molecule has 0 fully saturated rings. The number of alkyl halides is 3. The fourth-order valence-electron chi connectivity index (χ4n) is 1.50. The second kappa shape index (κ2) is 7.72. The first kappa shape index (κ1) is 16.3. The number of anilines is 1. The Balaban J connectivity index is 2.58. The van der Waals surface area contributed by atoms with Crippen LogP contribution in [0.2, 0.25) is 0 Å². The number of benzene rings is 1. The third kappa shape index (κ3) is 5.07. The minimum absolute atomic E-state index is 0.298. The Hall–Kier alpha value is -1.78. The van der Waals surface area contributed by atoms with Crippen LogP contribution in [0.1, 0.15) is 11.1 Å². The minimum atomic E-state index is -4.54. The predicted molar refractivity (Wildman–Crippen MR) is 67.3 cm³/mol. The van der Waals surface area contributed by atoms with Gasteiger partial charge in [-0.05, 0) is 18.2 Å². The highest BCUT2D eigenvalue weighted by atomic mass is 19.4. The van der Waals surface area contributed by atoms with Gasteiger partial charge in [0.25, 0.3) is 0 Å². The van der Waals surface area contributed by atoms with E-state index in [0.29, 0.717) is 32.1 Å². The lowest BCUT2D eigenvalue weighted by atomic mass is 10.1. The lowest BCUT2D eigenvalue weighted by molar-refractivity contribution is -0.137. The van der Waals surface area contributed by atoms with Crippen LogP contribution in [0.4, 0.5) is 18.9 Å². The van der Waals surface area contributed by atoms with Crippen LogP contribution in [0.5, 0.6) is 0 Å². The fourth-order valence-corrected chi connectivity index (χ4v) is 1.50. The van der Waals surface area contributed by atoms with Gasteiger partial charge in [0.15, 0.2) is 0 Å². The zero-order valence-corrected chi connectivity index (χ0v) is 11.0. The fraction of sp³-hybridized carbons (Fsp3) is 0.462. The molecule has 0 aromatic heterocycles. The van der Waals surface area contributed by atoms with Crippen molar-refractivity contribution in [2.75, 3.05) is 38.8 Å². The molecule has 0 radical (unpaired) electrons. The standard InChI is InChI=1S/C13H15F3N2O2/c1-19-6-7-20-5-4-18-11-3-2-10(9-17)12(8-11)13(14,15)16/h2-3,8,18H,4-7H2,1H3. The number of rotatable bonds is 7. The normalized spacial score (nSPS) is 11.2. The van der Waals surface area contributed by atoms with Crippen LogP contribution in [0.15, 0.2) is 18.2 Å². The molecule has 4 nitrogen and oxygen atoms in total. The average molecular weight is 288 g/mol. The van der Waals surface area contributed by atoms with Gasteiger partial charge in [-0.1, -0.05) is 0 Å². The third-order valence-corrected chi connectivity index (χ3v) is 2.45. The summed E-state index contributed by atoms with van der Waals surface area (Å²) in [6.07, 6.45) is -4.54. The highest BCUT2D eigenvalue weighted by Gasteiger charge is 2.33. The highest BCUT2D eigenvalue weighted by Crippen LogP contribution is 2.33. The molecule has 0 aliphatic rings. The molecular formula is C13H15F3N2O2. The lowest BCUT2D eigenvalue weighted by Crippen LogP contribution is -2.13. The second-order valence-corrected chi connectivity index (χ2v) is 3.90. The third-order valence-electron chi connectivity index (χ3n) is 2.45. The number of hydrogen-bond donors (Lipinski definition) is 1. The summed E-state index contributed by atoms with van der Waals surface area (Å²) in [5, 5.41) is 11.5. The van der Waals surface area contributed by atoms with Gasteiger partial charge in [-0.2, -0.15) is 18.4 Å². The van der Waals surface area contributed by atoms with Crippen molar-refractivity contribution < 1.29 is 22.6 Å². The van der Waals surface area contributed by atoms with Crippen molar-refractivity contribution in [2.45, 2.75) is 6.18 Å². The van der Waals surface area contributed by atoms with Crippen LogP contribution in [0.3, 0.4) is 0 Å². The first-order valence-electron chi connectivity index (χ1n) is 5.91. The monoisotopic (exact) mass is 288 g/mol. The molecule has 0 aliphatic heterocycles. The van der Waals surface area contributed by atoms with Gasteiger partial charge in [0.1, 0.15) is 0 Å². The van der Waals surface area contributed by atoms with Crippen LogP contribution in [-0.4, -0.2) is 33.5 Å². The molecule has 1 N–H and O–H groups in total. The molecule has 7 heteroatoms. The Morgan fingerprint density at radius 1 is 1.25 bits per heavy atom. The summed E-state index contributed by atoms with van der Waals surface area (Å²) in [6, 6.07) is 5.04. The smallest absolute Gasteiger partial charge is 0.383 e. The van der Waals surface area contributed by atoms with Gasteiger partial charge in [-0.15, -0.1) is 0 Å². The number of ether oxygens (including phenoxy) is 2. The number of nitrogens with one attached hydrogen (secondary N) is 1. The summed E-state index contributed by atoms with van der Waals surface area (Å²) in [7, 11) is 1.55. The van der Waals surface area contributed by atoms with Crippen LogP contribution in [0.25, 0.3) is 0 Å². The Labute approximate surface area is 115 Å². The van der Waals surface area contributed by atoms with E-state index in [4.69, 9.17) is 14.7 Å². The molecular weight excluding hydrogens is 273 g/mol. The Bertz CT molecular complexity index is 470. The van der Waals surface area contributed by atoms with E-state index in [-0.39, 0.29) is 5.56 Å². The van der Waals surface area contributed by atoms with Crippen LogP contribution in [0, 0.1) is 11.3 Å². The van der Waals surface area contributed by atoms with E-state index in [1.165, 1.54) is 12.1 Å². The Morgan fingerprint density at radius 2 is 2.00 bits per heavy atom. The first-order chi connectivity index (χ1) is 9.49. The number of hydrogen-bond acceptors (Lipinski definition) is 4. The van der Waals surface area contributed by atoms with Gasteiger partial charge < -0.3 is 14.8 Å². The number of nitriles is 1. The minimum Gasteiger partial charge on any atom is -0.383 e. The van der Waals surface area contributed by atoms with Crippen LogP contribution in [-0.2, 0) is 15.7 Å². The van der Waals surface area contributed by atoms with Gasteiger partial charge in [-0.25, -0.2) is 0 Å². The maximum absolute atomic E-state index is 12.7. The van der Waals surface area contributed by atoms with Gasteiger partial charge in [0, 0.05) is 19.3 Å². The van der Waals surface area contributed by atoms with E-state index >= 15 is 0 Å². The van der Waals surface area contributed by atoms with Crippen LogP contribution >= 0.6 is 0 Å². The van der Waals surface area contributed by atoms with Crippen molar-refractivity contribution in [3.63, 3.8) is 0 Å². The predicted octanol–water partition coefficient (Wildman–Crippen LogP) is 2.65. The first-order valence-corrected chi connectivity index (χ1v) is 5.91. The summed E-state index contributed by atoms with van der Waals surface area (Å²) >= 11 is 0. The summed E-state index contributed by atoms with van der Waals surface area (Å²) in [5.74, 6) is 0. The van der Waals surface area contributed by atoms with E-state index in [9.17, 15) is 13.2 Å². The highest BCUT2D eigenvalue weighted by molar-refractivity contribution is 5.53. The van der Waals surface area contributed by atoms with Crippen LogP contribution < -0.4 is 5.32 Å². The molecule has 1 rings (SSSR count). The topological polar surface area (TPSA) is 54.3 Å². The summed E-state index contributed by atoms with van der Waals surface area (Å²) < 4.78 is 48.1. The van der Waals surface area contributed by atoms with Gasteiger partial charge in [-0.3, -0.25) is 0 Å². The summed E-state index contributed by atoms with van der Waals surface area (Å²) in [6.45, 7) is 1.62. The molecule has 0 heterocycles. The molecule has 0 spiro atoms. The van der Waals surface area contributed by atoms with Crippen molar-refractivity contribution in [1.82, 2.24) is 0 Å². The maximum atomic E-state index is 12.7. The molecule has 0 unspecified atom stereocenters. The van der Waals surface area contributed by atoms with Crippen molar-refractivity contribution >= 4 is 5.69 Å². The van der Waals surface area contributed by atoms with Crippen molar-refractivity contribution in [3.8, 4) is 6.07 Å². The summed E-state index contributed by atoms with van der Waals surface area (Å²) in [5.41, 5.74) is -1.03. The lowest BCUT2D eigenvalue weighted by Gasteiger charge is -2.12. The average Bonchev–Trinajstić information content (AvgIpc) is 2.41. The van der Waals surface area contributed by atoms with E-state index in [0.717, 1.165) is 12.1 Å². The molecule has 1 aromatic carbocycles. The number of methoxy groups -OCH3 is 1. The molecule has 0 saturated heterocycles. The molecule has 0 atom stereocenters. The van der Waals surface area contributed by atoms with Gasteiger partial charge >= 0.3 is 6.18 Å². The summed E-state index contributed by atoms with van der Waals surface area (Å²) in [4.78, 5) is 0. The van der Waals surface area contributed by atoms with E-state index in [1.807, 2.05) is 0 Å². The zero-order valence-electron chi connectivity index (χ0n) is 11.0. The largest absolute Gasteiger partial charge is 0.417 e. The Morgan fingerprint density at radius 3 is 2.60 bits per heavy atom. The molecule has 0 aliphatic carbocycles. The maximum Gasteiger partial charge on any atom is 0.417 e. The van der Waals surface area contributed by atoms with Gasteiger partial charge in [0.05, 0.1) is 37.0 Å². The van der Waals surface area contributed by atoms with E-state index < -0.39 is 11.7 Å². The molecule has 1 aromatic rings. The quantitative estimate of drug-likeness (QED) is 0.784. The SMILES string of the molecule is COCCOCCNc1ccc(C#N)c(C(F)(F)F)c1. The second-order valence-electron chi connectivity index (χ2n) is 3.90. The van der Waals surface area contributed by atoms with Gasteiger partial charge in [0.2, 0.25) is 0 Å². The van der Waals surface area contributed by atoms with Crippen molar-refractivity contribution in [1.29, 1.82) is 5.26 Å². The molecule has 110 valence electrons. The molecule has 0 amide bonds. The molecule has 0 bridgehead atoms. The molecule has 20 heavy (non-hydrogen) atoms. The number of nitrogens with zero attached hydrogens (tertiary/aromatic N) is 1. The van der Waals surface area contributed by atoms with E-state index in [1.54, 1.807) is 7.11 Å². The van der Waals surface area contributed by atoms with E-state index in [2.05, 4.69) is 5.32 Å². The molecule has 0 saturated carbocycles. The zero-order chi connectivity index (χ0) is 15.0. The van der Waals surface area contributed by atoms with Crippen molar-refractivity contribution in [2.24, 2.45) is 0 Å². The van der Waals surface area contributed by atoms with Crippen molar-refractivity contribution in [3.05, 3.63) is 29.3 Å². The Kier molecular flexibility index (Phi) is 6.28.